The molecule has 0 unspecified atom stereocenters. The standard InChI is InChI=1S/C19H15N5O/c25-18(20-17-11-10-14-6-4-5-9-16(14)12-17)13-24-19(21-22-23-24)15-7-2-1-3-8-15/h1-12H,13H2,(H,20,25). The van der Waals surface area contributed by atoms with E-state index in [1.807, 2.05) is 72.8 Å². The lowest BCUT2D eigenvalue weighted by atomic mass is 10.1. The Bertz CT molecular complexity index is 1030. The zero-order valence-corrected chi connectivity index (χ0v) is 13.3. The number of nitrogens with one attached hydrogen (secondary N) is 1. The van der Waals surface area contributed by atoms with Crippen LogP contribution in [0.15, 0.2) is 72.8 Å². The van der Waals surface area contributed by atoms with Gasteiger partial charge in [0, 0.05) is 11.3 Å². The zero-order chi connectivity index (χ0) is 17.1. The molecule has 25 heavy (non-hydrogen) atoms. The van der Waals surface area contributed by atoms with Crippen molar-refractivity contribution in [2.45, 2.75) is 6.54 Å². The van der Waals surface area contributed by atoms with Gasteiger partial charge in [-0.3, -0.25) is 4.79 Å². The number of hydrogen-bond acceptors (Lipinski definition) is 4. The number of benzene rings is 3. The summed E-state index contributed by atoms with van der Waals surface area (Å²) in [5.74, 6) is 0.383. The highest BCUT2D eigenvalue weighted by atomic mass is 16.2. The van der Waals surface area contributed by atoms with Gasteiger partial charge in [-0.2, -0.15) is 0 Å². The quantitative estimate of drug-likeness (QED) is 0.624. The third-order valence-electron chi connectivity index (χ3n) is 3.89. The Labute approximate surface area is 144 Å². The van der Waals surface area contributed by atoms with Gasteiger partial charge in [-0.25, -0.2) is 4.68 Å². The van der Waals surface area contributed by atoms with Crippen LogP contribution < -0.4 is 5.32 Å². The van der Waals surface area contributed by atoms with Gasteiger partial charge in [0.15, 0.2) is 5.82 Å². The summed E-state index contributed by atoms with van der Waals surface area (Å²) >= 11 is 0. The largest absolute Gasteiger partial charge is 0.324 e. The predicted octanol–water partition coefficient (Wildman–Crippen LogP) is 3.13. The molecule has 0 saturated heterocycles. The molecule has 4 rings (SSSR count). The SMILES string of the molecule is O=C(Cn1nnnc1-c1ccccc1)Nc1ccc2ccccc2c1. The maximum absolute atomic E-state index is 12.4. The fraction of sp³-hybridized carbons (Fsp3) is 0.0526. The van der Waals surface area contributed by atoms with Crippen molar-refractivity contribution in [2.24, 2.45) is 0 Å². The highest BCUT2D eigenvalue weighted by Crippen LogP contribution is 2.19. The van der Waals surface area contributed by atoms with Crippen LogP contribution in [0.25, 0.3) is 22.2 Å². The monoisotopic (exact) mass is 329 g/mol. The van der Waals surface area contributed by atoms with Crippen molar-refractivity contribution >= 4 is 22.4 Å². The Hall–Kier alpha value is -3.54. The molecule has 0 bridgehead atoms. The first kappa shape index (κ1) is 15.0. The zero-order valence-electron chi connectivity index (χ0n) is 13.3. The number of tetrazole rings is 1. The van der Waals surface area contributed by atoms with Crippen LogP contribution in [-0.2, 0) is 11.3 Å². The summed E-state index contributed by atoms with van der Waals surface area (Å²) in [4.78, 5) is 12.4. The van der Waals surface area contributed by atoms with Gasteiger partial charge in [-0.1, -0.05) is 60.7 Å². The molecule has 0 fully saturated rings. The molecule has 0 aliphatic carbocycles. The molecule has 0 saturated carbocycles. The molecule has 1 amide bonds. The van der Waals surface area contributed by atoms with Crippen LogP contribution in [0.3, 0.4) is 0 Å². The second-order valence-electron chi connectivity index (χ2n) is 5.64. The Morgan fingerprint density at radius 1 is 0.920 bits per heavy atom. The minimum atomic E-state index is -0.181. The van der Waals surface area contributed by atoms with Crippen molar-refractivity contribution in [3.63, 3.8) is 0 Å². The van der Waals surface area contributed by atoms with E-state index in [-0.39, 0.29) is 12.5 Å². The van der Waals surface area contributed by atoms with Crippen LogP contribution in [0, 0.1) is 0 Å². The summed E-state index contributed by atoms with van der Waals surface area (Å²) < 4.78 is 1.49. The first-order chi connectivity index (χ1) is 12.3. The van der Waals surface area contributed by atoms with Crippen molar-refractivity contribution in [2.75, 3.05) is 5.32 Å². The molecule has 0 aliphatic rings. The van der Waals surface area contributed by atoms with E-state index in [9.17, 15) is 4.79 Å². The Morgan fingerprint density at radius 2 is 1.68 bits per heavy atom. The summed E-state index contributed by atoms with van der Waals surface area (Å²) in [5, 5.41) is 16.7. The first-order valence-electron chi connectivity index (χ1n) is 7.90. The van der Waals surface area contributed by atoms with Crippen LogP contribution in [0.5, 0.6) is 0 Å². The molecular weight excluding hydrogens is 314 g/mol. The molecule has 122 valence electrons. The molecule has 3 aromatic carbocycles. The molecule has 6 nitrogen and oxygen atoms in total. The molecule has 1 aromatic heterocycles. The van der Waals surface area contributed by atoms with Crippen LogP contribution in [0.2, 0.25) is 0 Å². The third kappa shape index (κ3) is 3.23. The molecular formula is C19H15N5O. The van der Waals surface area contributed by atoms with Crippen molar-refractivity contribution in [1.82, 2.24) is 20.2 Å². The maximum Gasteiger partial charge on any atom is 0.246 e. The summed E-state index contributed by atoms with van der Waals surface area (Å²) in [5.41, 5.74) is 1.61. The normalized spacial score (nSPS) is 10.7. The van der Waals surface area contributed by atoms with Crippen molar-refractivity contribution in [3.8, 4) is 11.4 Å². The summed E-state index contributed by atoms with van der Waals surface area (Å²) in [6, 6.07) is 23.4. The van der Waals surface area contributed by atoms with Crippen molar-refractivity contribution in [3.05, 3.63) is 72.8 Å². The molecule has 1 N–H and O–H groups in total. The minimum Gasteiger partial charge on any atom is -0.324 e. The number of carbonyl (C=O) groups is 1. The van der Waals surface area contributed by atoms with E-state index in [0.29, 0.717) is 5.82 Å². The lowest BCUT2D eigenvalue weighted by molar-refractivity contribution is -0.116. The highest BCUT2D eigenvalue weighted by Gasteiger charge is 2.12. The van der Waals surface area contributed by atoms with Crippen LogP contribution >= 0.6 is 0 Å². The molecule has 6 heteroatoms. The average Bonchev–Trinajstić information content (AvgIpc) is 3.10. The van der Waals surface area contributed by atoms with Crippen LogP contribution in [-0.4, -0.2) is 26.1 Å². The lowest BCUT2D eigenvalue weighted by Crippen LogP contribution is -2.20. The van der Waals surface area contributed by atoms with Crippen molar-refractivity contribution < 1.29 is 4.79 Å². The van der Waals surface area contributed by atoms with Gasteiger partial charge >= 0.3 is 0 Å². The Balaban J connectivity index is 1.52. The molecule has 0 radical (unpaired) electrons. The summed E-state index contributed by atoms with van der Waals surface area (Å²) in [6.07, 6.45) is 0. The number of aromatic nitrogens is 4. The Morgan fingerprint density at radius 3 is 2.52 bits per heavy atom. The third-order valence-corrected chi connectivity index (χ3v) is 3.89. The topological polar surface area (TPSA) is 72.7 Å². The van der Waals surface area contributed by atoms with E-state index < -0.39 is 0 Å². The maximum atomic E-state index is 12.4. The van der Waals surface area contributed by atoms with Gasteiger partial charge < -0.3 is 5.32 Å². The fourth-order valence-corrected chi connectivity index (χ4v) is 2.71. The van der Waals surface area contributed by atoms with E-state index in [1.54, 1.807) is 0 Å². The van der Waals surface area contributed by atoms with Gasteiger partial charge in [0.2, 0.25) is 5.91 Å². The van der Waals surface area contributed by atoms with Crippen LogP contribution in [0.1, 0.15) is 0 Å². The molecule has 0 spiro atoms. The number of hydrogen-bond donors (Lipinski definition) is 1. The number of fused-ring (bicyclic) bond motifs is 1. The van der Waals surface area contributed by atoms with Gasteiger partial charge in [0.25, 0.3) is 0 Å². The van der Waals surface area contributed by atoms with Gasteiger partial charge in [0.1, 0.15) is 6.54 Å². The first-order valence-corrected chi connectivity index (χ1v) is 7.90. The Kier molecular flexibility index (Phi) is 3.92. The van der Waals surface area contributed by atoms with Gasteiger partial charge in [0.05, 0.1) is 0 Å². The summed E-state index contributed by atoms with van der Waals surface area (Å²) in [6.45, 7) is 0.0457. The lowest BCUT2D eigenvalue weighted by Gasteiger charge is -2.08. The number of amides is 1. The van der Waals surface area contributed by atoms with E-state index in [1.165, 1.54) is 4.68 Å². The molecule has 0 atom stereocenters. The van der Waals surface area contributed by atoms with E-state index in [0.717, 1.165) is 22.0 Å². The molecule has 4 aromatic rings. The second kappa shape index (κ2) is 6.52. The summed E-state index contributed by atoms with van der Waals surface area (Å²) in [7, 11) is 0. The fourth-order valence-electron chi connectivity index (χ4n) is 2.71. The van der Waals surface area contributed by atoms with Crippen LogP contribution in [0.4, 0.5) is 5.69 Å². The number of rotatable bonds is 4. The second-order valence-corrected chi connectivity index (χ2v) is 5.64. The van der Waals surface area contributed by atoms with E-state index >= 15 is 0 Å². The predicted molar refractivity (Wildman–Crippen MR) is 95.8 cm³/mol. The van der Waals surface area contributed by atoms with E-state index in [4.69, 9.17) is 0 Å². The van der Waals surface area contributed by atoms with E-state index in [2.05, 4.69) is 20.8 Å². The highest BCUT2D eigenvalue weighted by molar-refractivity contribution is 5.94. The number of carbonyl (C=O) groups excluding carboxylic acids is 1. The minimum absolute atomic E-state index is 0.0457. The van der Waals surface area contributed by atoms with Crippen molar-refractivity contribution in [1.29, 1.82) is 0 Å². The van der Waals surface area contributed by atoms with Gasteiger partial charge in [-0.15, -0.1) is 5.10 Å². The van der Waals surface area contributed by atoms with Gasteiger partial charge in [-0.05, 0) is 33.3 Å². The smallest absolute Gasteiger partial charge is 0.246 e. The average molecular weight is 329 g/mol. The number of nitrogens with zero attached hydrogens (tertiary/aromatic N) is 4. The molecule has 1 heterocycles. The number of anilines is 1. The molecule has 0 aliphatic heterocycles.